The Labute approximate surface area is 188 Å². The minimum Gasteiger partial charge on any atom is -0.449 e. The molecule has 1 aliphatic rings. The maximum absolute atomic E-state index is 12.9. The summed E-state index contributed by atoms with van der Waals surface area (Å²) in [7, 11) is 0. The molecule has 0 bridgehead atoms. The number of hydrogen-bond donors (Lipinski definition) is 0. The Kier molecular flexibility index (Phi) is 6.25. The third-order valence-electron chi connectivity index (χ3n) is 5.84. The molecular weight excluding hydrogens is 404 g/mol. The maximum atomic E-state index is 12.9. The Morgan fingerprint density at radius 3 is 2.03 bits per heavy atom. The molecule has 166 valence electrons. The van der Waals surface area contributed by atoms with Gasteiger partial charge in [-0.1, -0.05) is 36.4 Å². The Bertz CT molecular complexity index is 1090. The van der Waals surface area contributed by atoms with E-state index in [1.807, 2.05) is 55.5 Å². The SMILES string of the molecule is Cc1nn(-c2ccccc2)c(C)c1C(=O)OC(C)C(=O)N1CCN(c2ccccc2)CC1. The van der Waals surface area contributed by atoms with E-state index in [0.29, 0.717) is 30.0 Å². The van der Waals surface area contributed by atoms with Crippen LogP contribution < -0.4 is 4.90 Å². The van der Waals surface area contributed by atoms with Crippen LogP contribution >= 0.6 is 0 Å². The number of esters is 1. The van der Waals surface area contributed by atoms with Gasteiger partial charge in [-0.05, 0) is 45.0 Å². The van der Waals surface area contributed by atoms with E-state index in [-0.39, 0.29) is 5.91 Å². The van der Waals surface area contributed by atoms with Crippen molar-refractivity contribution in [1.82, 2.24) is 14.7 Å². The summed E-state index contributed by atoms with van der Waals surface area (Å²) in [6, 6.07) is 19.8. The van der Waals surface area contributed by atoms with E-state index in [1.54, 1.807) is 23.4 Å². The predicted molar refractivity (Wildman–Crippen MR) is 123 cm³/mol. The first kappa shape index (κ1) is 21.6. The second-order valence-electron chi connectivity index (χ2n) is 7.99. The molecule has 0 saturated carbocycles. The Morgan fingerprint density at radius 2 is 1.44 bits per heavy atom. The fourth-order valence-corrected chi connectivity index (χ4v) is 4.11. The fourth-order valence-electron chi connectivity index (χ4n) is 4.11. The third-order valence-corrected chi connectivity index (χ3v) is 5.84. The van der Waals surface area contributed by atoms with Crippen molar-refractivity contribution in [2.75, 3.05) is 31.1 Å². The first-order valence-electron chi connectivity index (χ1n) is 10.9. The first-order chi connectivity index (χ1) is 15.5. The van der Waals surface area contributed by atoms with Gasteiger partial charge in [0.15, 0.2) is 6.10 Å². The molecule has 7 heteroatoms. The van der Waals surface area contributed by atoms with Crippen molar-refractivity contribution in [1.29, 1.82) is 0 Å². The number of anilines is 1. The zero-order chi connectivity index (χ0) is 22.7. The quantitative estimate of drug-likeness (QED) is 0.578. The van der Waals surface area contributed by atoms with Gasteiger partial charge in [0.2, 0.25) is 0 Å². The van der Waals surface area contributed by atoms with Crippen molar-refractivity contribution >= 4 is 17.6 Å². The Hall–Kier alpha value is -3.61. The van der Waals surface area contributed by atoms with Gasteiger partial charge < -0.3 is 14.5 Å². The van der Waals surface area contributed by atoms with Gasteiger partial charge in [0, 0.05) is 31.9 Å². The highest BCUT2D eigenvalue weighted by Crippen LogP contribution is 2.20. The van der Waals surface area contributed by atoms with Crippen LogP contribution in [0.2, 0.25) is 0 Å². The zero-order valence-corrected chi connectivity index (χ0v) is 18.7. The van der Waals surface area contributed by atoms with Gasteiger partial charge in [0.05, 0.1) is 17.1 Å². The van der Waals surface area contributed by atoms with E-state index < -0.39 is 12.1 Å². The van der Waals surface area contributed by atoms with Crippen LogP contribution in [0.25, 0.3) is 5.69 Å². The van der Waals surface area contributed by atoms with Crippen molar-refractivity contribution in [2.45, 2.75) is 26.9 Å². The minimum absolute atomic E-state index is 0.170. The predicted octanol–water partition coefficient (Wildman–Crippen LogP) is 3.38. The zero-order valence-electron chi connectivity index (χ0n) is 18.7. The van der Waals surface area contributed by atoms with Gasteiger partial charge in [-0.2, -0.15) is 5.10 Å². The number of para-hydroxylation sites is 2. The number of aryl methyl sites for hydroxylation is 1. The van der Waals surface area contributed by atoms with Gasteiger partial charge in [0.1, 0.15) is 5.56 Å². The summed E-state index contributed by atoms with van der Waals surface area (Å²) in [6.07, 6.45) is -0.857. The van der Waals surface area contributed by atoms with E-state index in [4.69, 9.17) is 4.74 Å². The molecule has 1 unspecified atom stereocenters. The molecule has 4 rings (SSSR count). The van der Waals surface area contributed by atoms with E-state index >= 15 is 0 Å². The van der Waals surface area contributed by atoms with Crippen LogP contribution in [0.3, 0.4) is 0 Å². The highest BCUT2D eigenvalue weighted by Gasteiger charge is 2.29. The number of benzene rings is 2. The van der Waals surface area contributed by atoms with E-state index in [9.17, 15) is 9.59 Å². The van der Waals surface area contributed by atoms with Gasteiger partial charge in [0.25, 0.3) is 5.91 Å². The number of hydrogen-bond acceptors (Lipinski definition) is 5. The second-order valence-corrected chi connectivity index (χ2v) is 7.99. The molecule has 1 fully saturated rings. The monoisotopic (exact) mass is 432 g/mol. The van der Waals surface area contributed by atoms with Crippen LogP contribution in [-0.2, 0) is 9.53 Å². The fraction of sp³-hybridized carbons (Fsp3) is 0.320. The number of amides is 1. The van der Waals surface area contributed by atoms with Crippen molar-refractivity contribution in [3.63, 3.8) is 0 Å². The molecule has 1 saturated heterocycles. The molecule has 0 spiro atoms. The van der Waals surface area contributed by atoms with Crippen LogP contribution in [0.1, 0.15) is 28.7 Å². The lowest BCUT2D eigenvalue weighted by molar-refractivity contribution is -0.140. The molecule has 1 aromatic heterocycles. The molecule has 0 radical (unpaired) electrons. The summed E-state index contributed by atoms with van der Waals surface area (Å²) >= 11 is 0. The van der Waals surface area contributed by atoms with Crippen LogP contribution in [0.5, 0.6) is 0 Å². The van der Waals surface area contributed by atoms with Gasteiger partial charge in [-0.15, -0.1) is 0 Å². The lowest BCUT2D eigenvalue weighted by Gasteiger charge is -2.37. The standard InChI is InChI=1S/C25H28N4O3/c1-18-23(19(2)29(26-18)22-12-8-5-9-13-22)25(31)32-20(3)24(30)28-16-14-27(15-17-28)21-10-6-4-7-11-21/h4-13,20H,14-17H2,1-3H3. The minimum atomic E-state index is -0.857. The maximum Gasteiger partial charge on any atom is 0.342 e. The van der Waals surface area contributed by atoms with Gasteiger partial charge >= 0.3 is 5.97 Å². The molecule has 1 amide bonds. The van der Waals surface area contributed by atoms with Crippen molar-refractivity contribution in [2.24, 2.45) is 0 Å². The molecule has 0 aliphatic carbocycles. The molecule has 7 nitrogen and oxygen atoms in total. The molecule has 1 aliphatic heterocycles. The van der Waals surface area contributed by atoms with Crippen molar-refractivity contribution in [3.8, 4) is 5.69 Å². The summed E-state index contributed by atoms with van der Waals surface area (Å²) in [6.45, 7) is 7.93. The highest BCUT2D eigenvalue weighted by atomic mass is 16.5. The van der Waals surface area contributed by atoms with Crippen LogP contribution in [-0.4, -0.2) is 58.8 Å². The molecule has 3 aromatic rings. The van der Waals surface area contributed by atoms with Crippen LogP contribution in [0, 0.1) is 13.8 Å². The van der Waals surface area contributed by atoms with Gasteiger partial charge in [-0.3, -0.25) is 4.79 Å². The van der Waals surface area contributed by atoms with E-state index in [0.717, 1.165) is 24.5 Å². The molecule has 2 aromatic carbocycles. The summed E-state index contributed by atoms with van der Waals surface area (Å²) < 4.78 is 7.30. The molecule has 32 heavy (non-hydrogen) atoms. The summed E-state index contributed by atoms with van der Waals surface area (Å²) in [5.74, 6) is -0.692. The largest absolute Gasteiger partial charge is 0.449 e. The topological polar surface area (TPSA) is 67.7 Å². The average Bonchev–Trinajstić information content (AvgIpc) is 3.13. The smallest absolute Gasteiger partial charge is 0.342 e. The lowest BCUT2D eigenvalue weighted by atomic mass is 10.2. The molecular formula is C25H28N4O3. The summed E-state index contributed by atoms with van der Waals surface area (Å²) in [4.78, 5) is 29.8. The first-order valence-corrected chi connectivity index (χ1v) is 10.9. The van der Waals surface area contributed by atoms with Crippen molar-refractivity contribution in [3.05, 3.63) is 77.6 Å². The lowest BCUT2D eigenvalue weighted by Crippen LogP contribution is -2.51. The van der Waals surface area contributed by atoms with Crippen molar-refractivity contribution < 1.29 is 14.3 Å². The third kappa shape index (κ3) is 4.37. The summed E-state index contributed by atoms with van der Waals surface area (Å²) in [5, 5.41) is 4.50. The highest BCUT2D eigenvalue weighted by molar-refractivity contribution is 5.94. The van der Waals surface area contributed by atoms with E-state index in [2.05, 4.69) is 22.1 Å². The van der Waals surface area contributed by atoms with E-state index in [1.165, 1.54) is 0 Å². The number of carbonyl (C=O) groups is 2. The number of aromatic nitrogens is 2. The molecule has 2 heterocycles. The van der Waals surface area contributed by atoms with Gasteiger partial charge in [-0.25, -0.2) is 9.48 Å². The number of piperazine rings is 1. The number of ether oxygens (including phenoxy) is 1. The number of nitrogens with zero attached hydrogens (tertiary/aromatic N) is 4. The number of carbonyl (C=O) groups excluding carboxylic acids is 2. The average molecular weight is 433 g/mol. The normalized spacial score (nSPS) is 14.8. The number of rotatable bonds is 5. The second kappa shape index (κ2) is 9.26. The Balaban J connectivity index is 1.39. The summed E-state index contributed by atoms with van der Waals surface area (Å²) in [5.41, 5.74) is 3.69. The molecule has 0 N–H and O–H groups in total. The Morgan fingerprint density at radius 1 is 0.875 bits per heavy atom. The van der Waals surface area contributed by atoms with Crippen LogP contribution in [0.4, 0.5) is 5.69 Å². The van der Waals surface area contributed by atoms with Crippen LogP contribution in [0.15, 0.2) is 60.7 Å². The molecule has 1 atom stereocenters.